The normalized spacial score (nSPS) is 27.2. The van der Waals surface area contributed by atoms with Gasteiger partial charge in [0.1, 0.15) is 5.76 Å². The van der Waals surface area contributed by atoms with Crippen molar-refractivity contribution in [3.05, 3.63) is 52.9 Å². The molecule has 0 spiro atoms. The first kappa shape index (κ1) is 11.4. The molecule has 2 N–H and O–H groups in total. The lowest BCUT2D eigenvalue weighted by atomic mass is 9.80. The van der Waals surface area contributed by atoms with Crippen LogP contribution in [0, 0.1) is 11.8 Å². The van der Waals surface area contributed by atoms with Crippen LogP contribution in [0.15, 0.2) is 47.4 Å². The van der Waals surface area contributed by atoms with Crippen molar-refractivity contribution in [1.29, 1.82) is 0 Å². The van der Waals surface area contributed by atoms with Gasteiger partial charge in [-0.2, -0.15) is 0 Å². The Bertz CT molecular complexity index is 527. The van der Waals surface area contributed by atoms with Gasteiger partial charge in [0.15, 0.2) is 0 Å². The molecule has 1 aromatic carbocycles. The third kappa shape index (κ3) is 1.64. The van der Waals surface area contributed by atoms with Gasteiger partial charge in [-0.15, -0.1) is 0 Å². The third-order valence-corrected chi connectivity index (χ3v) is 4.00. The summed E-state index contributed by atoms with van der Waals surface area (Å²) in [5.41, 5.74) is 11.1. The SMILES string of the molecule is CC1COC2=C1CC(C)C(c1ccccc1)=C2N. The lowest BCUT2D eigenvalue weighted by molar-refractivity contribution is 0.229. The van der Waals surface area contributed by atoms with E-state index < -0.39 is 0 Å². The number of nitrogens with two attached hydrogens (primary N) is 1. The maximum atomic E-state index is 6.35. The molecule has 0 aromatic heterocycles. The minimum Gasteiger partial charge on any atom is -0.491 e. The second-order valence-electron chi connectivity index (χ2n) is 5.36. The Hall–Kier alpha value is -1.70. The molecule has 2 unspecified atom stereocenters. The molecule has 2 atom stereocenters. The van der Waals surface area contributed by atoms with E-state index in [4.69, 9.17) is 10.5 Å². The zero-order valence-corrected chi connectivity index (χ0v) is 10.9. The van der Waals surface area contributed by atoms with Crippen molar-refractivity contribution >= 4 is 5.57 Å². The summed E-state index contributed by atoms with van der Waals surface area (Å²) in [5.74, 6) is 1.94. The highest BCUT2D eigenvalue weighted by molar-refractivity contribution is 5.75. The van der Waals surface area contributed by atoms with Crippen LogP contribution in [0.5, 0.6) is 0 Å². The average molecular weight is 241 g/mol. The molecule has 3 rings (SSSR count). The highest BCUT2D eigenvalue weighted by Crippen LogP contribution is 2.43. The molecular formula is C16H19NO. The smallest absolute Gasteiger partial charge is 0.142 e. The minimum atomic E-state index is 0.468. The van der Waals surface area contributed by atoms with E-state index in [-0.39, 0.29) is 0 Å². The summed E-state index contributed by atoms with van der Waals surface area (Å²) in [7, 11) is 0. The van der Waals surface area contributed by atoms with E-state index >= 15 is 0 Å². The predicted molar refractivity (Wildman–Crippen MR) is 73.5 cm³/mol. The lowest BCUT2D eigenvalue weighted by Crippen LogP contribution is -2.17. The molecular weight excluding hydrogens is 222 g/mol. The van der Waals surface area contributed by atoms with Crippen molar-refractivity contribution in [3.8, 4) is 0 Å². The fraction of sp³-hybridized carbons (Fsp3) is 0.375. The second kappa shape index (κ2) is 4.20. The number of hydrogen-bond acceptors (Lipinski definition) is 2. The molecule has 0 saturated heterocycles. The Kier molecular flexibility index (Phi) is 2.66. The fourth-order valence-electron chi connectivity index (χ4n) is 3.05. The van der Waals surface area contributed by atoms with Gasteiger partial charge in [-0.1, -0.05) is 44.2 Å². The van der Waals surface area contributed by atoms with E-state index in [1.54, 1.807) is 0 Å². The molecule has 2 heteroatoms. The first-order valence-corrected chi connectivity index (χ1v) is 6.59. The van der Waals surface area contributed by atoms with E-state index in [0.29, 0.717) is 11.8 Å². The van der Waals surface area contributed by atoms with Gasteiger partial charge in [0.2, 0.25) is 0 Å². The van der Waals surface area contributed by atoms with Crippen LogP contribution in [0.3, 0.4) is 0 Å². The Labute approximate surface area is 108 Å². The van der Waals surface area contributed by atoms with Crippen molar-refractivity contribution in [2.75, 3.05) is 6.61 Å². The molecule has 2 nitrogen and oxygen atoms in total. The van der Waals surface area contributed by atoms with Crippen molar-refractivity contribution in [2.45, 2.75) is 20.3 Å². The molecule has 1 heterocycles. The third-order valence-electron chi connectivity index (χ3n) is 4.00. The fourth-order valence-corrected chi connectivity index (χ4v) is 3.05. The van der Waals surface area contributed by atoms with E-state index in [1.165, 1.54) is 16.7 Å². The van der Waals surface area contributed by atoms with Crippen molar-refractivity contribution < 1.29 is 4.74 Å². The van der Waals surface area contributed by atoms with Crippen LogP contribution < -0.4 is 5.73 Å². The van der Waals surface area contributed by atoms with Gasteiger partial charge in [-0.3, -0.25) is 0 Å². The molecule has 1 aliphatic carbocycles. The highest BCUT2D eigenvalue weighted by Gasteiger charge is 2.33. The highest BCUT2D eigenvalue weighted by atomic mass is 16.5. The van der Waals surface area contributed by atoms with Gasteiger partial charge in [0, 0.05) is 5.92 Å². The maximum Gasteiger partial charge on any atom is 0.142 e. The average Bonchev–Trinajstić information content (AvgIpc) is 2.73. The van der Waals surface area contributed by atoms with Crippen LogP contribution in [0.25, 0.3) is 5.57 Å². The Balaban J connectivity index is 2.11. The van der Waals surface area contributed by atoms with E-state index in [1.807, 2.05) is 6.07 Å². The standard InChI is InChI=1S/C16H19NO/c1-10-8-13-11(2)9-18-16(13)15(17)14(10)12-6-4-3-5-7-12/h3-7,10-11H,8-9,17H2,1-2H3. The quantitative estimate of drug-likeness (QED) is 0.818. The molecule has 0 saturated carbocycles. The molecule has 1 aromatic rings. The van der Waals surface area contributed by atoms with Crippen LogP contribution in [-0.2, 0) is 4.74 Å². The molecule has 0 radical (unpaired) electrons. The number of benzene rings is 1. The Morgan fingerprint density at radius 1 is 1.11 bits per heavy atom. The van der Waals surface area contributed by atoms with Gasteiger partial charge < -0.3 is 10.5 Å². The summed E-state index contributed by atoms with van der Waals surface area (Å²) in [4.78, 5) is 0. The molecule has 94 valence electrons. The van der Waals surface area contributed by atoms with E-state index in [0.717, 1.165) is 24.5 Å². The zero-order valence-electron chi connectivity index (χ0n) is 10.9. The monoisotopic (exact) mass is 241 g/mol. The van der Waals surface area contributed by atoms with Crippen LogP contribution in [-0.4, -0.2) is 6.61 Å². The van der Waals surface area contributed by atoms with Crippen molar-refractivity contribution in [2.24, 2.45) is 17.6 Å². The van der Waals surface area contributed by atoms with Gasteiger partial charge in [0.05, 0.1) is 12.3 Å². The summed E-state index contributed by atoms with van der Waals surface area (Å²) in [6.07, 6.45) is 1.07. The number of rotatable bonds is 1. The second-order valence-corrected chi connectivity index (χ2v) is 5.36. The van der Waals surface area contributed by atoms with Crippen LogP contribution in [0.2, 0.25) is 0 Å². The van der Waals surface area contributed by atoms with Crippen LogP contribution in [0.4, 0.5) is 0 Å². The topological polar surface area (TPSA) is 35.2 Å². The minimum absolute atomic E-state index is 0.468. The zero-order chi connectivity index (χ0) is 12.7. The van der Waals surface area contributed by atoms with Crippen LogP contribution in [0.1, 0.15) is 25.8 Å². The molecule has 1 aliphatic heterocycles. The molecule has 0 amide bonds. The maximum absolute atomic E-state index is 6.35. The molecule has 0 fully saturated rings. The Morgan fingerprint density at radius 2 is 1.83 bits per heavy atom. The van der Waals surface area contributed by atoms with Gasteiger partial charge in [-0.05, 0) is 29.0 Å². The predicted octanol–water partition coefficient (Wildman–Crippen LogP) is 3.32. The van der Waals surface area contributed by atoms with Crippen molar-refractivity contribution in [3.63, 3.8) is 0 Å². The summed E-state index contributed by atoms with van der Waals surface area (Å²) in [5, 5.41) is 0. The number of hydrogen-bond donors (Lipinski definition) is 1. The van der Waals surface area contributed by atoms with Gasteiger partial charge in [0.25, 0.3) is 0 Å². The largest absolute Gasteiger partial charge is 0.491 e. The van der Waals surface area contributed by atoms with Crippen molar-refractivity contribution in [1.82, 2.24) is 0 Å². The van der Waals surface area contributed by atoms with Gasteiger partial charge >= 0.3 is 0 Å². The van der Waals surface area contributed by atoms with E-state index in [9.17, 15) is 0 Å². The first-order valence-electron chi connectivity index (χ1n) is 6.59. The number of allylic oxidation sites excluding steroid dienone is 1. The van der Waals surface area contributed by atoms with Gasteiger partial charge in [-0.25, -0.2) is 0 Å². The summed E-state index contributed by atoms with van der Waals surface area (Å²) in [6.45, 7) is 5.25. The summed E-state index contributed by atoms with van der Waals surface area (Å²) in [6, 6.07) is 10.4. The molecule has 18 heavy (non-hydrogen) atoms. The lowest BCUT2D eigenvalue weighted by Gasteiger charge is -2.26. The molecule has 0 bridgehead atoms. The van der Waals surface area contributed by atoms with E-state index in [2.05, 4.69) is 38.1 Å². The number of ether oxygens (including phenoxy) is 1. The summed E-state index contributed by atoms with van der Waals surface area (Å²) < 4.78 is 5.78. The summed E-state index contributed by atoms with van der Waals surface area (Å²) >= 11 is 0. The Morgan fingerprint density at radius 3 is 2.56 bits per heavy atom. The van der Waals surface area contributed by atoms with Crippen LogP contribution >= 0.6 is 0 Å². The molecule has 2 aliphatic rings. The first-order chi connectivity index (χ1) is 8.68.